The van der Waals surface area contributed by atoms with Gasteiger partial charge in [-0.3, -0.25) is 14.0 Å². The van der Waals surface area contributed by atoms with Crippen LogP contribution in [0.25, 0.3) is 5.65 Å². The van der Waals surface area contributed by atoms with Crippen molar-refractivity contribution in [3.63, 3.8) is 0 Å². The van der Waals surface area contributed by atoms with Gasteiger partial charge in [-0.1, -0.05) is 19.9 Å². The molecule has 0 fully saturated rings. The number of carbonyl (C=O) groups excluding carboxylic acids is 1. The monoisotopic (exact) mass is 273 g/mol. The van der Waals surface area contributed by atoms with Crippen LogP contribution in [0, 0.1) is 12.8 Å². The summed E-state index contributed by atoms with van der Waals surface area (Å²) in [6.07, 6.45) is 3.92. The zero-order chi connectivity index (χ0) is 14.7. The van der Waals surface area contributed by atoms with Crippen molar-refractivity contribution >= 4 is 11.6 Å². The molecule has 0 bridgehead atoms. The summed E-state index contributed by atoms with van der Waals surface area (Å²) < 4.78 is 1.41. The summed E-state index contributed by atoms with van der Waals surface area (Å²) in [7, 11) is 0. The number of hydrogen-bond donors (Lipinski definition) is 1. The average molecular weight is 273 g/mol. The molecule has 0 aliphatic carbocycles. The van der Waals surface area contributed by atoms with Crippen molar-refractivity contribution in [1.82, 2.24) is 14.7 Å². The zero-order valence-corrected chi connectivity index (χ0v) is 12.0. The van der Waals surface area contributed by atoms with Crippen LogP contribution in [0.15, 0.2) is 29.3 Å². The molecule has 0 saturated heterocycles. The van der Waals surface area contributed by atoms with Crippen molar-refractivity contribution in [2.45, 2.75) is 27.2 Å². The Balaban J connectivity index is 2.28. The van der Waals surface area contributed by atoms with Gasteiger partial charge in [0, 0.05) is 18.9 Å². The third-order valence-electron chi connectivity index (χ3n) is 3.10. The van der Waals surface area contributed by atoms with Gasteiger partial charge in [-0.15, -0.1) is 0 Å². The van der Waals surface area contributed by atoms with Gasteiger partial charge in [0.05, 0.1) is 0 Å². The molecule has 0 aromatic carbocycles. The number of carbonyl (C=O) groups is 1. The van der Waals surface area contributed by atoms with Gasteiger partial charge in [0.2, 0.25) is 0 Å². The van der Waals surface area contributed by atoms with Gasteiger partial charge in [0.25, 0.3) is 11.5 Å². The third-order valence-corrected chi connectivity index (χ3v) is 3.10. The maximum Gasteiger partial charge on any atom is 0.270 e. The van der Waals surface area contributed by atoms with Crippen molar-refractivity contribution in [2.75, 3.05) is 6.54 Å². The number of amides is 1. The van der Waals surface area contributed by atoms with Gasteiger partial charge in [-0.25, -0.2) is 4.98 Å². The molecule has 0 unspecified atom stereocenters. The van der Waals surface area contributed by atoms with Gasteiger partial charge in [0.15, 0.2) is 0 Å². The van der Waals surface area contributed by atoms with E-state index in [0.29, 0.717) is 18.1 Å². The van der Waals surface area contributed by atoms with Gasteiger partial charge < -0.3 is 5.32 Å². The predicted molar refractivity (Wildman–Crippen MR) is 78.0 cm³/mol. The number of nitrogens with one attached hydrogen (secondary N) is 1. The number of aromatic nitrogens is 2. The van der Waals surface area contributed by atoms with Crippen LogP contribution in [0.1, 0.15) is 36.2 Å². The minimum atomic E-state index is -0.362. The van der Waals surface area contributed by atoms with Crippen molar-refractivity contribution in [1.29, 1.82) is 0 Å². The van der Waals surface area contributed by atoms with E-state index in [1.807, 2.05) is 13.0 Å². The predicted octanol–water partition coefficient (Wildman–Crippen LogP) is 1.78. The van der Waals surface area contributed by atoms with E-state index < -0.39 is 0 Å². The molecule has 2 heterocycles. The molecular formula is C15H19N3O2. The molecule has 0 radical (unpaired) electrons. The molecule has 0 aliphatic heterocycles. The van der Waals surface area contributed by atoms with E-state index >= 15 is 0 Å². The van der Waals surface area contributed by atoms with Crippen LogP contribution < -0.4 is 10.9 Å². The van der Waals surface area contributed by atoms with Crippen LogP contribution in [0.3, 0.4) is 0 Å². The van der Waals surface area contributed by atoms with Crippen LogP contribution in [0.4, 0.5) is 0 Å². The summed E-state index contributed by atoms with van der Waals surface area (Å²) in [5, 5.41) is 2.76. The summed E-state index contributed by atoms with van der Waals surface area (Å²) in [5.41, 5.74) is 1.23. The Morgan fingerprint density at radius 3 is 2.85 bits per heavy atom. The molecule has 5 nitrogen and oxygen atoms in total. The Labute approximate surface area is 117 Å². The van der Waals surface area contributed by atoms with Gasteiger partial charge in [-0.2, -0.15) is 0 Å². The SMILES string of the molecule is Cc1ccc2ncc(C(=O)NCCC(C)C)c(=O)n2c1. The lowest BCUT2D eigenvalue weighted by Gasteiger charge is -2.08. The topological polar surface area (TPSA) is 63.5 Å². The fourth-order valence-corrected chi connectivity index (χ4v) is 1.91. The van der Waals surface area contributed by atoms with Gasteiger partial charge in [-0.05, 0) is 30.9 Å². The average Bonchev–Trinajstić information content (AvgIpc) is 2.39. The van der Waals surface area contributed by atoms with E-state index in [1.54, 1.807) is 12.3 Å². The second-order valence-corrected chi connectivity index (χ2v) is 5.35. The highest BCUT2D eigenvalue weighted by atomic mass is 16.2. The molecule has 106 valence electrons. The number of nitrogens with zero attached hydrogens (tertiary/aromatic N) is 2. The second-order valence-electron chi connectivity index (χ2n) is 5.35. The lowest BCUT2D eigenvalue weighted by molar-refractivity contribution is 0.0950. The maximum absolute atomic E-state index is 12.3. The van der Waals surface area contributed by atoms with Crippen LogP contribution in [-0.2, 0) is 0 Å². The summed E-state index contributed by atoms with van der Waals surface area (Å²) >= 11 is 0. The minimum absolute atomic E-state index is 0.0804. The van der Waals surface area contributed by atoms with E-state index in [4.69, 9.17) is 0 Å². The molecule has 2 aromatic rings. The quantitative estimate of drug-likeness (QED) is 0.923. The normalized spacial score (nSPS) is 11.0. The number of fused-ring (bicyclic) bond motifs is 1. The maximum atomic E-state index is 12.3. The number of hydrogen-bond acceptors (Lipinski definition) is 3. The molecular weight excluding hydrogens is 254 g/mol. The third kappa shape index (κ3) is 3.04. The first-order valence-electron chi connectivity index (χ1n) is 6.75. The summed E-state index contributed by atoms with van der Waals surface area (Å²) in [4.78, 5) is 28.4. The van der Waals surface area contributed by atoms with Crippen LogP contribution >= 0.6 is 0 Å². The highest BCUT2D eigenvalue weighted by Gasteiger charge is 2.12. The Morgan fingerprint density at radius 2 is 2.15 bits per heavy atom. The smallest absolute Gasteiger partial charge is 0.270 e. The van der Waals surface area contributed by atoms with E-state index in [0.717, 1.165) is 12.0 Å². The van der Waals surface area contributed by atoms with E-state index in [1.165, 1.54) is 10.6 Å². The number of pyridine rings is 1. The lowest BCUT2D eigenvalue weighted by Crippen LogP contribution is -2.32. The Bertz CT molecular complexity index is 689. The molecule has 1 amide bonds. The van der Waals surface area contributed by atoms with Crippen LogP contribution in [-0.4, -0.2) is 21.8 Å². The fraction of sp³-hybridized carbons (Fsp3) is 0.400. The molecule has 0 saturated carbocycles. The fourth-order valence-electron chi connectivity index (χ4n) is 1.91. The van der Waals surface area contributed by atoms with Gasteiger partial charge in [0.1, 0.15) is 11.2 Å². The summed E-state index contributed by atoms with van der Waals surface area (Å²) in [5.74, 6) is 0.146. The summed E-state index contributed by atoms with van der Waals surface area (Å²) in [6.45, 7) is 6.62. The molecule has 20 heavy (non-hydrogen) atoms. The first kappa shape index (κ1) is 14.2. The van der Waals surface area contributed by atoms with Crippen molar-refractivity contribution in [3.05, 3.63) is 46.0 Å². The molecule has 2 aromatic heterocycles. The highest BCUT2D eigenvalue weighted by Crippen LogP contribution is 2.02. The highest BCUT2D eigenvalue weighted by molar-refractivity contribution is 5.93. The summed E-state index contributed by atoms with van der Waals surface area (Å²) in [6, 6.07) is 3.64. The second kappa shape index (κ2) is 5.86. The Hall–Kier alpha value is -2.17. The lowest BCUT2D eigenvalue weighted by atomic mass is 10.1. The van der Waals surface area contributed by atoms with E-state index in [2.05, 4.69) is 24.1 Å². The Morgan fingerprint density at radius 1 is 1.40 bits per heavy atom. The number of rotatable bonds is 4. The van der Waals surface area contributed by atoms with Crippen LogP contribution in [0.2, 0.25) is 0 Å². The largest absolute Gasteiger partial charge is 0.352 e. The van der Waals surface area contributed by atoms with Crippen molar-refractivity contribution in [2.24, 2.45) is 5.92 Å². The van der Waals surface area contributed by atoms with Crippen molar-refractivity contribution in [3.8, 4) is 0 Å². The molecule has 0 aliphatic rings. The number of aryl methyl sites for hydroxylation is 1. The van der Waals surface area contributed by atoms with Crippen molar-refractivity contribution < 1.29 is 4.79 Å². The van der Waals surface area contributed by atoms with Crippen LogP contribution in [0.5, 0.6) is 0 Å². The van der Waals surface area contributed by atoms with E-state index in [-0.39, 0.29) is 17.0 Å². The molecule has 2 rings (SSSR count). The molecule has 0 spiro atoms. The molecule has 5 heteroatoms. The first-order valence-corrected chi connectivity index (χ1v) is 6.75. The standard InChI is InChI=1S/C15H19N3O2/c1-10(2)6-7-16-14(19)12-8-17-13-5-4-11(3)9-18(13)15(12)20/h4-5,8-10H,6-7H2,1-3H3,(H,16,19). The minimum Gasteiger partial charge on any atom is -0.352 e. The molecule has 1 N–H and O–H groups in total. The first-order chi connectivity index (χ1) is 9.49. The Kier molecular flexibility index (Phi) is 4.17. The van der Waals surface area contributed by atoms with Gasteiger partial charge >= 0.3 is 0 Å². The molecule has 0 atom stereocenters. The van der Waals surface area contributed by atoms with E-state index in [9.17, 15) is 9.59 Å². The zero-order valence-electron chi connectivity index (χ0n) is 12.0.